The van der Waals surface area contributed by atoms with Crippen LogP contribution in [0, 0.1) is 5.92 Å². The molecule has 0 spiro atoms. The molecule has 3 rings (SSSR count). The van der Waals surface area contributed by atoms with E-state index in [1.54, 1.807) is 5.48 Å². The van der Waals surface area contributed by atoms with Crippen molar-refractivity contribution in [2.75, 3.05) is 13.1 Å². The van der Waals surface area contributed by atoms with Crippen molar-refractivity contribution in [1.29, 1.82) is 0 Å². The third kappa shape index (κ3) is 6.02. The van der Waals surface area contributed by atoms with E-state index in [1.807, 2.05) is 4.90 Å². The van der Waals surface area contributed by atoms with Gasteiger partial charge in [0.2, 0.25) is 17.7 Å². The summed E-state index contributed by atoms with van der Waals surface area (Å²) in [5.41, 5.74) is 1.69. The average molecular weight is 393 g/mol. The number of hydroxylamine groups is 1. The molecule has 2 heterocycles. The highest BCUT2D eigenvalue weighted by Crippen LogP contribution is 2.31. The molecule has 156 valence electrons. The lowest BCUT2D eigenvalue weighted by atomic mass is 9.84. The maximum atomic E-state index is 12.3. The zero-order chi connectivity index (χ0) is 19.8. The molecule has 28 heavy (non-hydrogen) atoms. The standard InChI is InChI=1S/C20H32N4O4/c25-18(22-27)13-16(10-6-9-15-7-2-1-3-8-15)20-21-17(23-28-20)14-19(26)24-11-4-5-12-24/h15-16,27H,1-14H2,(H,22,25)/t16-/m1/s1. The number of hydrogen-bond acceptors (Lipinski definition) is 6. The minimum absolute atomic E-state index is 0.0202. The normalized spacial score (nSPS) is 19.0. The van der Waals surface area contributed by atoms with E-state index in [9.17, 15) is 9.59 Å². The molecule has 8 nitrogen and oxygen atoms in total. The van der Waals surface area contributed by atoms with Crippen LogP contribution in [-0.4, -0.2) is 45.2 Å². The second kappa shape index (κ2) is 10.5. The molecule has 2 aliphatic rings. The van der Waals surface area contributed by atoms with E-state index in [2.05, 4.69) is 10.1 Å². The summed E-state index contributed by atoms with van der Waals surface area (Å²) in [6.45, 7) is 1.59. The second-order valence-corrected chi connectivity index (χ2v) is 8.18. The van der Waals surface area contributed by atoms with Gasteiger partial charge in [-0.3, -0.25) is 14.8 Å². The summed E-state index contributed by atoms with van der Waals surface area (Å²) >= 11 is 0. The lowest BCUT2D eigenvalue weighted by molar-refractivity contribution is -0.130. The highest BCUT2D eigenvalue weighted by Gasteiger charge is 2.25. The van der Waals surface area contributed by atoms with Crippen molar-refractivity contribution >= 4 is 11.8 Å². The molecule has 0 radical (unpaired) electrons. The van der Waals surface area contributed by atoms with Crippen molar-refractivity contribution < 1.29 is 19.3 Å². The van der Waals surface area contributed by atoms with E-state index in [4.69, 9.17) is 9.73 Å². The van der Waals surface area contributed by atoms with Gasteiger partial charge in [0.05, 0.1) is 6.42 Å². The van der Waals surface area contributed by atoms with Crippen LogP contribution in [0.3, 0.4) is 0 Å². The number of carbonyl (C=O) groups excluding carboxylic acids is 2. The van der Waals surface area contributed by atoms with Crippen molar-refractivity contribution in [3.8, 4) is 0 Å². The van der Waals surface area contributed by atoms with Gasteiger partial charge in [-0.1, -0.05) is 50.1 Å². The summed E-state index contributed by atoms with van der Waals surface area (Å²) < 4.78 is 5.38. The van der Waals surface area contributed by atoms with Gasteiger partial charge in [-0.05, 0) is 25.2 Å². The maximum absolute atomic E-state index is 12.3. The first-order valence-corrected chi connectivity index (χ1v) is 10.7. The number of amides is 2. The van der Waals surface area contributed by atoms with Gasteiger partial charge < -0.3 is 9.42 Å². The van der Waals surface area contributed by atoms with Crippen LogP contribution in [0.5, 0.6) is 0 Å². The van der Waals surface area contributed by atoms with Crippen LogP contribution in [0.4, 0.5) is 0 Å². The number of aromatic nitrogens is 2. The molecule has 1 saturated heterocycles. The molecule has 1 aliphatic carbocycles. The monoisotopic (exact) mass is 392 g/mol. The molecule has 1 aromatic rings. The van der Waals surface area contributed by atoms with Gasteiger partial charge in [0.1, 0.15) is 0 Å². The number of carbonyl (C=O) groups is 2. The van der Waals surface area contributed by atoms with Crippen molar-refractivity contribution in [2.45, 2.75) is 83.0 Å². The molecule has 1 aliphatic heterocycles. The predicted molar refractivity (Wildman–Crippen MR) is 102 cm³/mol. The summed E-state index contributed by atoms with van der Waals surface area (Å²) in [5.74, 6) is 0.851. The van der Waals surface area contributed by atoms with Gasteiger partial charge in [-0.15, -0.1) is 0 Å². The Morgan fingerprint density at radius 1 is 1.18 bits per heavy atom. The zero-order valence-electron chi connectivity index (χ0n) is 16.6. The third-order valence-electron chi connectivity index (χ3n) is 6.05. The summed E-state index contributed by atoms with van der Waals surface area (Å²) in [6, 6.07) is 0. The Hall–Kier alpha value is -1.96. The van der Waals surface area contributed by atoms with Crippen LogP contribution in [0.15, 0.2) is 4.52 Å². The van der Waals surface area contributed by atoms with Crippen LogP contribution < -0.4 is 5.48 Å². The maximum Gasteiger partial charge on any atom is 0.244 e. The highest BCUT2D eigenvalue weighted by molar-refractivity contribution is 5.78. The van der Waals surface area contributed by atoms with Gasteiger partial charge in [0.15, 0.2) is 5.82 Å². The SMILES string of the molecule is O=C(C[C@@H](CCCC1CCCCC1)c1nc(CC(=O)N2CCCC2)no1)NO. The Labute approximate surface area is 166 Å². The largest absolute Gasteiger partial charge is 0.342 e. The molecule has 2 N–H and O–H groups in total. The van der Waals surface area contributed by atoms with Crippen LogP contribution >= 0.6 is 0 Å². The first-order valence-electron chi connectivity index (χ1n) is 10.7. The van der Waals surface area contributed by atoms with Gasteiger partial charge in [0.25, 0.3) is 0 Å². The van der Waals surface area contributed by atoms with Crippen LogP contribution in [0.2, 0.25) is 0 Å². The van der Waals surface area contributed by atoms with Crippen LogP contribution in [0.25, 0.3) is 0 Å². The van der Waals surface area contributed by atoms with E-state index >= 15 is 0 Å². The van der Waals surface area contributed by atoms with Crippen molar-refractivity contribution in [3.63, 3.8) is 0 Å². The molecular formula is C20H32N4O4. The molecule has 8 heteroatoms. The fourth-order valence-corrected chi connectivity index (χ4v) is 4.43. The van der Waals surface area contributed by atoms with Gasteiger partial charge in [-0.2, -0.15) is 4.98 Å². The second-order valence-electron chi connectivity index (χ2n) is 8.18. The molecule has 1 atom stereocenters. The Bertz CT molecular complexity index is 636. The number of hydrogen-bond donors (Lipinski definition) is 2. The Morgan fingerprint density at radius 2 is 1.93 bits per heavy atom. The molecular weight excluding hydrogens is 360 g/mol. The fourth-order valence-electron chi connectivity index (χ4n) is 4.43. The van der Waals surface area contributed by atoms with Crippen LogP contribution in [-0.2, 0) is 16.0 Å². The minimum atomic E-state index is -0.462. The molecule has 2 amide bonds. The number of rotatable bonds is 9. The van der Waals surface area contributed by atoms with E-state index in [0.29, 0.717) is 11.7 Å². The van der Waals surface area contributed by atoms with Crippen LogP contribution in [0.1, 0.15) is 88.3 Å². The molecule has 0 aromatic carbocycles. The fraction of sp³-hybridized carbons (Fsp3) is 0.800. The quantitative estimate of drug-likeness (QED) is 0.494. The third-order valence-corrected chi connectivity index (χ3v) is 6.05. The summed E-state index contributed by atoms with van der Waals surface area (Å²) in [6.07, 6.45) is 11.8. The van der Waals surface area contributed by atoms with E-state index in [0.717, 1.165) is 51.1 Å². The Morgan fingerprint density at radius 3 is 2.64 bits per heavy atom. The van der Waals surface area contributed by atoms with E-state index in [-0.39, 0.29) is 24.7 Å². The van der Waals surface area contributed by atoms with Gasteiger partial charge >= 0.3 is 0 Å². The smallest absolute Gasteiger partial charge is 0.244 e. The lowest BCUT2D eigenvalue weighted by Crippen LogP contribution is -2.29. The van der Waals surface area contributed by atoms with Crippen molar-refractivity contribution in [3.05, 3.63) is 11.7 Å². The number of nitrogens with zero attached hydrogens (tertiary/aromatic N) is 3. The summed E-state index contributed by atoms with van der Waals surface area (Å²) in [4.78, 5) is 30.2. The Balaban J connectivity index is 1.55. The molecule has 0 bridgehead atoms. The summed E-state index contributed by atoms with van der Waals surface area (Å²) in [5, 5.41) is 12.8. The first-order chi connectivity index (χ1) is 13.7. The molecule has 1 aromatic heterocycles. The molecule has 1 saturated carbocycles. The van der Waals surface area contributed by atoms with E-state index in [1.165, 1.54) is 32.1 Å². The Kier molecular flexibility index (Phi) is 7.82. The zero-order valence-corrected chi connectivity index (χ0v) is 16.6. The number of likely N-dealkylation sites (tertiary alicyclic amines) is 1. The lowest BCUT2D eigenvalue weighted by Gasteiger charge is -2.22. The predicted octanol–water partition coefficient (Wildman–Crippen LogP) is 2.96. The van der Waals surface area contributed by atoms with Crippen molar-refractivity contribution in [1.82, 2.24) is 20.5 Å². The highest BCUT2D eigenvalue weighted by atomic mass is 16.5. The van der Waals surface area contributed by atoms with Gasteiger partial charge in [-0.25, -0.2) is 5.48 Å². The average Bonchev–Trinajstić information content (AvgIpc) is 3.40. The first kappa shape index (κ1) is 20.8. The minimum Gasteiger partial charge on any atom is -0.342 e. The topological polar surface area (TPSA) is 109 Å². The molecule has 2 fully saturated rings. The van der Waals surface area contributed by atoms with Gasteiger partial charge in [0, 0.05) is 25.4 Å². The molecule has 0 unspecified atom stereocenters. The summed E-state index contributed by atoms with van der Waals surface area (Å²) in [7, 11) is 0. The van der Waals surface area contributed by atoms with E-state index < -0.39 is 5.91 Å². The number of nitrogens with one attached hydrogen (secondary N) is 1. The van der Waals surface area contributed by atoms with Crippen molar-refractivity contribution in [2.24, 2.45) is 5.92 Å².